The summed E-state index contributed by atoms with van der Waals surface area (Å²) in [6.07, 6.45) is 4.73. The lowest BCUT2D eigenvalue weighted by atomic mass is 9.71. The molecule has 0 N–H and O–H groups in total. The summed E-state index contributed by atoms with van der Waals surface area (Å²) in [6, 6.07) is 0.236. The molecule has 124 valence electrons. The van der Waals surface area contributed by atoms with Crippen LogP contribution in [0.2, 0.25) is 0 Å². The summed E-state index contributed by atoms with van der Waals surface area (Å²) in [6.45, 7) is 8.61. The van der Waals surface area contributed by atoms with Crippen LogP contribution >= 0.6 is 0 Å². The number of likely N-dealkylation sites (tertiary alicyclic amines) is 1. The molecule has 1 aliphatic carbocycles. The van der Waals surface area contributed by atoms with Crippen molar-refractivity contribution < 1.29 is 18.1 Å². The number of nitrogens with zero attached hydrogens (tertiary/aromatic N) is 1. The molecule has 0 aromatic carbocycles. The van der Waals surface area contributed by atoms with Crippen molar-refractivity contribution in [3.05, 3.63) is 11.5 Å². The van der Waals surface area contributed by atoms with Gasteiger partial charge in [0, 0.05) is 19.0 Å². The number of hydrogen-bond acceptors (Lipinski definition) is 3. The van der Waals surface area contributed by atoms with Crippen LogP contribution in [0, 0.1) is 0 Å². The van der Waals surface area contributed by atoms with Crippen LogP contribution in [-0.4, -0.2) is 48.3 Å². The smallest absolute Gasteiger partial charge is 0.400 e. The molecule has 2 fully saturated rings. The SMILES string of the molecule is CC1(C)OB(C2=CCC(N3CCC(F)(F)C3)CC2)OC1(C)C. The molecule has 0 amide bonds. The van der Waals surface area contributed by atoms with Crippen molar-refractivity contribution in [3.8, 4) is 0 Å². The molecule has 0 bridgehead atoms. The summed E-state index contributed by atoms with van der Waals surface area (Å²) >= 11 is 0. The van der Waals surface area contributed by atoms with E-state index < -0.39 is 5.92 Å². The Morgan fingerprint density at radius 1 is 1.18 bits per heavy atom. The van der Waals surface area contributed by atoms with Gasteiger partial charge in [0.05, 0.1) is 17.7 Å². The molecule has 2 saturated heterocycles. The Labute approximate surface area is 132 Å². The molecule has 0 spiro atoms. The van der Waals surface area contributed by atoms with E-state index in [0.717, 1.165) is 19.3 Å². The van der Waals surface area contributed by atoms with Gasteiger partial charge in [-0.1, -0.05) is 6.08 Å². The van der Waals surface area contributed by atoms with Crippen LogP contribution in [-0.2, 0) is 9.31 Å². The summed E-state index contributed by atoms with van der Waals surface area (Å²) in [7, 11) is -0.286. The van der Waals surface area contributed by atoms with Crippen molar-refractivity contribution in [2.24, 2.45) is 0 Å². The predicted molar refractivity (Wildman–Crippen MR) is 82.9 cm³/mol. The van der Waals surface area contributed by atoms with Crippen LogP contribution in [0.25, 0.3) is 0 Å². The second kappa shape index (κ2) is 5.28. The van der Waals surface area contributed by atoms with Crippen LogP contribution < -0.4 is 0 Å². The van der Waals surface area contributed by atoms with Gasteiger partial charge in [0.2, 0.25) is 0 Å². The maximum atomic E-state index is 13.3. The molecular weight excluding hydrogens is 287 g/mol. The standard InChI is InChI=1S/C16H26BF2NO2/c1-14(2)15(3,4)22-17(21-14)12-5-7-13(8-6-12)20-10-9-16(18,19)11-20/h5,13H,6-11H2,1-4H3. The van der Waals surface area contributed by atoms with Crippen molar-refractivity contribution >= 4 is 7.12 Å². The highest BCUT2D eigenvalue weighted by atomic mass is 19.3. The maximum Gasteiger partial charge on any atom is 0.490 e. The third-order valence-corrected chi connectivity index (χ3v) is 5.69. The zero-order valence-corrected chi connectivity index (χ0v) is 14.0. The summed E-state index contributed by atoms with van der Waals surface area (Å²) in [5, 5.41) is 0. The van der Waals surface area contributed by atoms with Crippen molar-refractivity contribution in [3.63, 3.8) is 0 Å². The minimum atomic E-state index is -2.50. The lowest BCUT2D eigenvalue weighted by Crippen LogP contribution is -2.41. The van der Waals surface area contributed by atoms with E-state index in [1.165, 1.54) is 5.47 Å². The Morgan fingerprint density at radius 2 is 1.82 bits per heavy atom. The van der Waals surface area contributed by atoms with Gasteiger partial charge < -0.3 is 9.31 Å². The molecule has 3 nitrogen and oxygen atoms in total. The van der Waals surface area contributed by atoms with Crippen LogP contribution in [0.1, 0.15) is 53.4 Å². The van der Waals surface area contributed by atoms with Gasteiger partial charge in [-0.3, -0.25) is 4.90 Å². The molecule has 3 aliphatic rings. The van der Waals surface area contributed by atoms with Crippen molar-refractivity contribution in [1.82, 2.24) is 4.90 Å². The minimum Gasteiger partial charge on any atom is -0.400 e. The summed E-state index contributed by atoms with van der Waals surface area (Å²) < 4.78 is 38.8. The van der Waals surface area contributed by atoms with Gasteiger partial charge in [-0.25, -0.2) is 8.78 Å². The van der Waals surface area contributed by atoms with Gasteiger partial charge in [0.1, 0.15) is 0 Å². The van der Waals surface area contributed by atoms with E-state index in [1.54, 1.807) is 0 Å². The third-order valence-electron chi connectivity index (χ3n) is 5.69. The molecule has 0 radical (unpaired) electrons. The molecule has 0 aromatic rings. The van der Waals surface area contributed by atoms with E-state index in [4.69, 9.17) is 9.31 Å². The number of alkyl halides is 2. The Hall–Kier alpha value is -0.455. The number of hydrogen-bond donors (Lipinski definition) is 0. The summed E-state index contributed by atoms with van der Waals surface area (Å²) in [5.41, 5.74) is 0.513. The van der Waals surface area contributed by atoms with Crippen molar-refractivity contribution in [2.45, 2.75) is 76.5 Å². The molecule has 2 aliphatic heterocycles. The average Bonchev–Trinajstić information content (AvgIpc) is 2.87. The molecule has 3 rings (SSSR count). The number of allylic oxidation sites excluding steroid dienone is 1. The summed E-state index contributed by atoms with van der Waals surface area (Å²) in [5.74, 6) is -2.50. The molecule has 0 saturated carbocycles. The average molecular weight is 313 g/mol. The lowest BCUT2D eigenvalue weighted by Gasteiger charge is -2.32. The van der Waals surface area contributed by atoms with E-state index in [-0.39, 0.29) is 37.3 Å². The Kier molecular flexibility index (Phi) is 3.94. The molecular formula is C16H26BF2NO2. The van der Waals surface area contributed by atoms with Crippen LogP contribution in [0.5, 0.6) is 0 Å². The maximum absolute atomic E-state index is 13.3. The third kappa shape index (κ3) is 2.97. The molecule has 2 heterocycles. The first-order valence-corrected chi connectivity index (χ1v) is 8.26. The van der Waals surface area contributed by atoms with Gasteiger partial charge in [0.15, 0.2) is 0 Å². The Morgan fingerprint density at radius 3 is 2.27 bits per heavy atom. The largest absolute Gasteiger partial charge is 0.490 e. The lowest BCUT2D eigenvalue weighted by molar-refractivity contribution is 0.00578. The van der Waals surface area contributed by atoms with E-state index in [2.05, 4.69) is 6.08 Å². The topological polar surface area (TPSA) is 21.7 Å². The normalized spacial score (nSPS) is 34.0. The molecule has 22 heavy (non-hydrogen) atoms. The molecule has 1 atom stereocenters. The van der Waals surface area contributed by atoms with Gasteiger partial charge in [-0.15, -0.1) is 0 Å². The zero-order valence-electron chi connectivity index (χ0n) is 14.0. The van der Waals surface area contributed by atoms with E-state index in [1.807, 2.05) is 32.6 Å². The zero-order chi connectivity index (χ0) is 16.2. The van der Waals surface area contributed by atoms with Crippen LogP contribution in [0.15, 0.2) is 11.5 Å². The Balaban J connectivity index is 1.61. The molecule has 6 heteroatoms. The number of halogens is 2. The predicted octanol–water partition coefficient (Wildman–Crippen LogP) is 3.44. The quantitative estimate of drug-likeness (QED) is 0.729. The highest BCUT2D eigenvalue weighted by Crippen LogP contribution is 2.41. The Bertz CT molecular complexity index is 463. The van der Waals surface area contributed by atoms with Crippen LogP contribution in [0.3, 0.4) is 0 Å². The van der Waals surface area contributed by atoms with Crippen molar-refractivity contribution in [2.75, 3.05) is 13.1 Å². The molecule has 0 aromatic heterocycles. The van der Waals surface area contributed by atoms with Crippen LogP contribution in [0.4, 0.5) is 8.78 Å². The minimum absolute atomic E-state index is 0.00268. The fourth-order valence-electron chi connectivity index (χ4n) is 3.45. The van der Waals surface area contributed by atoms with Gasteiger partial charge >= 0.3 is 7.12 Å². The summed E-state index contributed by atoms with van der Waals surface area (Å²) in [4.78, 5) is 1.94. The molecule has 1 unspecified atom stereocenters. The van der Waals surface area contributed by atoms with E-state index >= 15 is 0 Å². The van der Waals surface area contributed by atoms with Gasteiger partial charge in [-0.05, 0) is 52.4 Å². The highest BCUT2D eigenvalue weighted by molar-refractivity contribution is 6.54. The fourth-order valence-corrected chi connectivity index (χ4v) is 3.45. The van der Waals surface area contributed by atoms with Crippen molar-refractivity contribution in [1.29, 1.82) is 0 Å². The highest BCUT2D eigenvalue weighted by Gasteiger charge is 2.52. The first-order valence-electron chi connectivity index (χ1n) is 8.26. The fraction of sp³-hybridized carbons (Fsp3) is 0.875. The van der Waals surface area contributed by atoms with Gasteiger partial charge in [0.25, 0.3) is 5.92 Å². The first-order chi connectivity index (χ1) is 10.1. The van der Waals surface area contributed by atoms with E-state index in [9.17, 15) is 8.78 Å². The second-order valence-corrected chi connectivity index (χ2v) is 7.87. The number of rotatable bonds is 2. The van der Waals surface area contributed by atoms with Gasteiger partial charge in [-0.2, -0.15) is 0 Å². The monoisotopic (exact) mass is 313 g/mol. The second-order valence-electron chi connectivity index (χ2n) is 7.87. The first kappa shape index (κ1) is 16.4. The van der Waals surface area contributed by atoms with E-state index in [0.29, 0.717) is 6.54 Å².